The largest absolute Gasteiger partial charge is 0.456 e. The molecule has 0 atom stereocenters. The van der Waals surface area contributed by atoms with Crippen LogP contribution < -0.4 is 10.6 Å². The minimum atomic E-state index is -0.503. The number of anilines is 2. The number of carbonyl (C=O) groups is 3. The van der Waals surface area contributed by atoms with Gasteiger partial charge in [-0.15, -0.1) is 0 Å². The Kier molecular flexibility index (Phi) is 7.36. The third-order valence-corrected chi connectivity index (χ3v) is 3.54. The molecule has 0 aromatic heterocycles. The van der Waals surface area contributed by atoms with Crippen LogP contribution in [0.15, 0.2) is 54.6 Å². The fraction of sp³-hybridized carbons (Fsp3) is 0.250. The molecule has 2 aromatic carbocycles. The van der Waals surface area contributed by atoms with Crippen LogP contribution in [0.5, 0.6) is 0 Å². The lowest BCUT2D eigenvalue weighted by Gasteiger charge is -2.07. The number of aryl methyl sites for hydroxylation is 1. The van der Waals surface area contributed by atoms with E-state index >= 15 is 0 Å². The zero-order valence-electron chi connectivity index (χ0n) is 14.7. The average molecular weight is 354 g/mol. The predicted octanol–water partition coefficient (Wildman–Crippen LogP) is 3.29. The van der Waals surface area contributed by atoms with E-state index in [0.717, 1.165) is 5.56 Å². The van der Waals surface area contributed by atoms with Gasteiger partial charge in [-0.3, -0.25) is 14.4 Å². The first-order valence-electron chi connectivity index (χ1n) is 8.40. The molecule has 0 saturated heterocycles. The highest BCUT2D eigenvalue weighted by atomic mass is 16.5. The summed E-state index contributed by atoms with van der Waals surface area (Å²) in [4.78, 5) is 35.1. The molecule has 0 aliphatic heterocycles. The number of para-hydroxylation sites is 1. The average Bonchev–Trinajstić information content (AvgIpc) is 2.63. The zero-order chi connectivity index (χ0) is 18.8. The Morgan fingerprint density at radius 1 is 0.808 bits per heavy atom. The molecule has 6 nitrogen and oxygen atoms in total. The highest BCUT2D eigenvalue weighted by molar-refractivity contribution is 5.93. The molecule has 0 aliphatic rings. The summed E-state index contributed by atoms with van der Waals surface area (Å²) in [6.07, 6.45) is 0.649. The Labute approximate surface area is 152 Å². The fourth-order valence-corrected chi connectivity index (χ4v) is 2.19. The molecule has 6 heteroatoms. The van der Waals surface area contributed by atoms with Crippen LogP contribution in [-0.4, -0.2) is 24.4 Å². The van der Waals surface area contributed by atoms with Crippen molar-refractivity contribution in [3.8, 4) is 0 Å². The number of nitrogens with one attached hydrogen (secondary N) is 2. The van der Waals surface area contributed by atoms with Gasteiger partial charge in [0.25, 0.3) is 5.91 Å². The molecule has 2 rings (SSSR count). The second kappa shape index (κ2) is 9.98. The molecular weight excluding hydrogens is 332 g/mol. The maximum absolute atomic E-state index is 11.8. The van der Waals surface area contributed by atoms with Crippen LogP contribution in [0.25, 0.3) is 0 Å². The summed E-state index contributed by atoms with van der Waals surface area (Å²) in [5, 5.41) is 5.39. The van der Waals surface area contributed by atoms with E-state index < -0.39 is 11.9 Å². The van der Waals surface area contributed by atoms with Gasteiger partial charge >= 0.3 is 5.97 Å². The third-order valence-electron chi connectivity index (χ3n) is 3.54. The van der Waals surface area contributed by atoms with Crippen molar-refractivity contribution in [3.63, 3.8) is 0 Å². The number of esters is 1. The van der Waals surface area contributed by atoms with Crippen LogP contribution in [0.3, 0.4) is 0 Å². The van der Waals surface area contributed by atoms with E-state index in [9.17, 15) is 14.4 Å². The van der Waals surface area contributed by atoms with Gasteiger partial charge in [0.2, 0.25) is 5.91 Å². The number of benzene rings is 2. The lowest BCUT2D eigenvalue weighted by Crippen LogP contribution is -2.21. The normalized spacial score (nSPS) is 10.0. The van der Waals surface area contributed by atoms with Crippen LogP contribution in [0.4, 0.5) is 11.4 Å². The number of hydrogen-bond acceptors (Lipinski definition) is 4. The molecule has 0 aliphatic carbocycles. The SMILES string of the molecule is Cc1ccc(NC(=O)COC(=O)CCCC(=O)Nc2ccccc2)cc1. The number of carbonyl (C=O) groups excluding carboxylic acids is 3. The minimum Gasteiger partial charge on any atom is -0.456 e. The van der Waals surface area contributed by atoms with Gasteiger partial charge < -0.3 is 15.4 Å². The van der Waals surface area contributed by atoms with Gasteiger partial charge in [-0.1, -0.05) is 35.9 Å². The highest BCUT2D eigenvalue weighted by Crippen LogP contribution is 2.09. The molecule has 0 spiro atoms. The third kappa shape index (κ3) is 7.17. The molecule has 136 valence electrons. The summed E-state index contributed by atoms with van der Waals surface area (Å²) in [6, 6.07) is 16.4. The Morgan fingerprint density at radius 2 is 1.42 bits per heavy atom. The van der Waals surface area contributed by atoms with Gasteiger partial charge in [0.15, 0.2) is 6.61 Å². The Balaban J connectivity index is 1.60. The first kappa shape index (κ1) is 19.2. The highest BCUT2D eigenvalue weighted by Gasteiger charge is 2.09. The Morgan fingerprint density at radius 3 is 2.12 bits per heavy atom. The van der Waals surface area contributed by atoms with Crippen molar-refractivity contribution >= 4 is 29.2 Å². The summed E-state index contributed by atoms with van der Waals surface area (Å²) in [7, 11) is 0. The minimum absolute atomic E-state index is 0.0834. The molecule has 0 radical (unpaired) electrons. The molecule has 0 unspecified atom stereocenters. The van der Waals surface area contributed by atoms with Gasteiger partial charge in [0.05, 0.1) is 0 Å². The van der Waals surface area contributed by atoms with E-state index in [4.69, 9.17) is 4.74 Å². The second-order valence-corrected chi connectivity index (χ2v) is 5.84. The monoisotopic (exact) mass is 354 g/mol. The fourth-order valence-electron chi connectivity index (χ4n) is 2.19. The lowest BCUT2D eigenvalue weighted by molar-refractivity contribution is -0.147. The van der Waals surface area contributed by atoms with Crippen molar-refractivity contribution < 1.29 is 19.1 Å². The van der Waals surface area contributed by atoms with Gasteiger partial charge in [-0.2, -0.15) is 0 Å². The van der Waals surface area contributed by atoms with Crippen LogP contribution in [0.2, 0.25) is 0 Å². The smallest absolute Gasteiger partial charge is 0.306 e. The topological polar surface area (TPSA) is 84.5 Å². The molecule has 0 fully saturated rings. The number of rotatable bonds is 8. The first-order valence-corrected chi connectivity index (χ1v) is 8.40. The molecule has 0 saturated carbocycles. The maximum Gasteiger partial charge on any atom is 0.306 e. The van der Waals surface area contributed by atoms with Gasteiger partial charge in [-0.05, 0) is 37.6 Å². The molecule has 2 amide bonds. The van der Waals surface area contributed by atoms with E-state index in [-0.39, 0.29) is 25.4 Å². The maximum atomic E-state index is 11.8. The summed E-state index contributed by atoms with van der Waals surface area (Å²) in [5.74, 6) is -1.07. The molecule has 26 heavy (non-hydrogen) atoms. The van der Waals surface area contributed by atoms with Crippen molar-refractivity contribution in [1.29, 1.82) is 0 Å². The zero-order valence-corrected chi connectivity index (χ0v) is 14.7. The van der Waals surface area contributed by atoms with Crippen molar-refractivity contribution in [2.75, 3.05) is 17.2 Å². The molecule has 0 bridgehead atoms. The van der Waals surface area contributed by atoms with Crippen LogP contribution in [0, 0.1) is 6.92 Å². The van der Waals surface area contributed by atoms with E-state index in [1.165, 1.54) is 0 Å². The van der Waals surface area contributed by atoms with Crippen molar-refractivity contribution in [2.45, 2.75) is 26.2 Å². The van der Waals surface area contributed by atoms with E-state index in [1.807, 2.05) is 37.3 Å². The van der Waals surface area contributed by atoms with Gasteiger partial charge in [0.1, 0.15) is 0 Å². The predicted molar refractivity (Wildman–Crippen MR) is 99.7 cm³/mol. The van der Waals surface area contributed by atoms with Crippen molar-refractivity contribution in [3.05, 3.63) is 60.2 Å². The van der Waals surface area contributed by atoms with E-state index in [2.05, 4.69) is 10.6 Å². The van der Waals surface area contributed by atoms with Gasteiger partial charge in [0, 0.05) is 24.2 Å². The number of hydrogen-bond donors (Lipinski definition) is 2. The Bertz CT molecular complexity index is 742. The summed E-state index contributed by atoms with van der Waals surface area (Å²) in [6.45, 7) is 1.61. The molecular formula is C20H22N2O4. The van der Waals surface area contributed by atoms with Crippen LogP contribution >= 0.6 is 0 Å². The standard InChI is InChI=1S/C20H22N2O4/c1-15-10-12-17(13-11-15)22-19(24)14-26-20(25)9-5-8-18(23)21-16-6-3-2-4-7-16/h2-4,6-7,10-13H,5,8-9,14H2,1H3,(H,21,23)(H,22,24). The Hall–Kier alpha value is -3.15. The lowest BCUT2D eigenvalue weighted by atomic mass is 10.2. The first-order chi connectivity index (χ1) is 12.5. The van der Waals surface area contributed by atoms with Crippen molar-refractivity contribution in [2.24, 2.45) is 0 Å². The van der Waals surface area contributed by atoms with Crippen LogP contribution in [0.1, 0.15) is 24.8 Å². The molecule has 0 heterocycles. The summed E-state index contributed by atoms with van der Waals surface area (Å²) < 4.78 is 4.92. The van der Waals surface area contributed by atoms with Gasteiger partial charge in [-0.25, -0.2) is 0 Å². The summed E-state index contributed by atoms with van der Waals surface area (Å²) >= 11 is 0. The molecule has 2 aromatic rings. The van der Waals surface area contributed by atoms with E-state index in [0.29, 0.717) is 17.8 Å². The van der Waals surface area contributed by atoms with Crippen molar-refractivity contribution in [1.82, 2.24) is 0 Å². The molecule has 2 N–H and O–H groups in total. The van der Waals surface area contributed by atoms with Crippen LogP contribution in [-0.2, 0) is 19.1 Å². The number of amides is 2. The summed E-state index contributed by atoms with van der Waals surface area (Å²) in [5.41, 5.74) is 2.45. The quantitative estimate of drug-likeness (QED) is 0.713. The number of ether oxygens (including phenoxy) is 1. The second-order valence-electron chi connectivity index (χ2n) is 5.84. The van der Waals surface area contributed by atoms with E-state index in [1.54, 1.807) is 24.3 Å².